The van der Waals surface area contributed by atoms with Gasteiger partial charge in [-0.05, 0) is 31.4 Å². The van der Waals surface area contributed by atoms with E-state index in [1.807, 2.05) is 17.8 Å². The van der Waals surface area contributed by atoms with Crippen LogP contribution in [-0.4, -0.2) is 34.9 Å². The van der Waals surface area contributed by atoms with Crippen molar-refractivity contribution in [1.82, 2.24) is 14.7 Å². The highest BCUT2D eigenvalue weighted by molar-refractivity contribution is 7.99. The van der Waals surface area contributed by atoms with E-state index in [4.69, 9.17) is 9.72 Å². The van der Waals surface area contributed by atoms with E-state index >= 15 is 0 Å². The Morgan fingerprint density at radius 3 is 3.15 bits per heavy atom. The molecule has 1 saturated carbocycles. The van der Waals surface area contributed by atoms with Crippen molar-refractivity contribution in [2.75, 3.05) is 19.5 Å². The number of rotatable bonds is 8. The summed E-state index contributed by atoms with van der Waals surface area (Å²) in [6, 6.07) is 6.89. The first kappa shape index (κ1) is 13.9. The molecule has 0 spiro atoms. The fourth-order valence-electron chi connectivity index (χ4n) is 2.20. The third kappa shape index (κ3) is 3.34. The minimum atomic E-state index is 0.718. The van der Waals surface area contributed by atoms with Gasteiger partial charge in [0.2, 0.25) is 0 Å². The van der Waals surface area contributed by atoms with E-state index in [0.29, 0.717) is 0 Å². The Morgan fingerprint density at radius 1 is 1.45 bits per heavy atom. The van der Waals surface area contributed by atoms with E-state index < -0.39 is 0 Å². The van der Waals surface area contributed by atoms with E-state index in [2.05, 4.69) is 28.0 Å². The fourth-order valence-corrected chi connectivity index (χ4v) is 3.15. The monoisotopic (exact) mass is 291 g/mol. The number of imidazole rings is 1. The molecule has 0 amide bonds. The number of hydrogen-bond acceptors (Lipinski definition) is 4. The Bertz CT molecular complexity index is 565. The number of hydrogen-bond donors (Lipinski definition) is 1. The van der Waals surface area contributed by atoms with Gasteiger partial charge in [0.1, 0.15) is 10.7 Å². The highest BCUT2D eigenvalue weighted by Gasteiger charge is 2.22. The molecule has 0 radical (unpaired) electrons. The topological polar surface area (TPSA) is 38.6 Å². The molecule has 2 aromatic heterocycles. The van der Waals surface area contributed by atoms with Crippen LogP contribution in [0.3, 0.4) is 0 Å². The minimum absolute atomic E-state index is 0.718. The van der Waals surface area contributed by atoms with Crippen LogP contribution in [-0.2, 0) is 11.3 Å². The largest absolute Gasteiger partial charge is 0.385 e. The first-order chi connectivity index (χ1) is 9.88. The van der Waals surface area contributed by atoms with Crippen molar-refractivity contribution in [1.29, 1.82) is 0 Å². The predicted octanol–water partition coefficient (Wildman–Crippen LogP) is 2.71. The number of nitrogens with one attached hydrogen (secondary N) is 1. The van der Waals surface area contributed by atoms with Gasteiger partial charge in [0.15, 0.2) is 0 Å². The molecule has 0 aliphatic heterocycles. The van der Waals surface area contributed by atoms with Gasteiger partial charge in [0.25, 0.3) is 0 Å². The zero-order valence-corrected chi connectivity index (χ0v) is 12.7. The molecule has 5 heteroatoms. The summed E-state index contributed by atoms with van der Waals surface area (Å²) in [6.07, 6.45) is 5.79. The number of fused-ring (bicyclic) bond motifs is 1. The molecule has 0 aromatic carbocycles. The second kappa shape index (κ2) is 6.61. The van der Waals surface area contributed by atoms with Crippen LogP contribution in [0.25, 0.3) is 5.65 Å². The van der Waals surface area contributed by atoms with Gasteiger partial charge < -0.3 is 14.5 Å². The number of ether oxygens (including phenoxy) is 1. The van der Waals surface area contributed by atoms with Crippen LogP contribution in [0.4, 0.5) is 0 Å². The van der Waals surface area contributed by atoms with E-state index in [1.165, 1.54) is 18.5 Å². The summed E-state index contributed by atoms with van der Waals surface area (Å²) in [4.78, 5) is 4.75. The maximum absolute atomic E-state index is 5.10. The third-order valence-electron chi connectivity index (χ3n) is 3.46. The third-order valence-corrected chi connectivity index (χ3v) is 4.55. The van der Waals surface area contributed by atoms with E-state index in [1.54, 1.807) is 7.11 Å². The van der Waals surface area contributed by atoms with E-state index in [0.717, 1.165) is 42.0 Å². The van der Waals surface area contributed by atoms with Crippen LogP contribution in [0.5, 0.6) is 0 Å². The predicted molar refractivity (Wildman–Crippen MR) is 82.3 cm³/mol. The van der Waals surface area contributed by atoms with Gasteiger partial charge in [-0.15, -0.1) is 11.8 Å². The van der Waals surface area contributed by atoms with Crippen LogP contribution >= 0.6 is 11.8 Å². The van der Waals surface area contributed by atoms with Gasteiger partial charge in [-0.3, -0.25) is 0 Å². The average Bonchev–Trinajstić information content (AvgIpc) is 3.23. The molecule has 1 fully saturated rings. The van der Waals surface area contributed by atoms with Crippen LogP contribution in [0.2, 0.25) is 0 Å². The van der Waals surface area contributed by atoms with Crippen molar-refractivity contribution >= 4 is 17.4 Å². The van der Waals surface area contributed by atoms with E-state index in [9.17, 15) is 0 Å². The molecular formula is C15H21N3OS. The number of methoxy groups -OCH3 is 1. The molecular weight excluding hydrogens is 270 g/mol. The Balaban J connectivity index is 1.74. The second-order valence-electron chi connectivity index (χ2n) is 5.14. The molecule has 3 rings (SSSR count). The molecule has 0 atom stereocenters. The summed E-state index contributed by atoms with van der Waals surface area (Å²) >= 11 is 1.83. The lowest BCUT2D eigenvalue weighted by Gasteiger charge is -2.06. The molecule has 2 aromatic rings. The van der Waals surface area contributed by atoms with E-state index in [-0.39, 0.29) is 0 Å². The van der Waals surface area contributed by atoms with Gasteiger partial charge in [0.05, 0.1) is 5.69 Å². The van der Waals surface area contributed by atoms with Gasteiger partial charge in [0, 0.05) is 38.3 Å². The summed E-state index contributed by atoms with van der Waals surface area (Å²) in [5.74, 6) is 1.05. The second-order valence-corrected chi connectivity index (χ2v) is 6.23. The Labute approximate surface area is 123 Å². The maximum Gasteiger partial charge on any atom is 0.138 e. The highest BCUT2D eigenvalue weighted by Crippen LogP contribution is 2.26. The molecule has 1 aliphatic carbocycles. The fraction of sp³-hybridized carbons (Fsp3) is 0.533. The SMILES string of the molecule is COCCCSc1nc2ccccn2c1CNC1CC1. The highest BCUT2D eigenvalue weighted by atomic mass is 32.2. The van der Waals surface area contributed by atoms with Crippen molar-refractivity contribution < 1.29 is 4.74 Å². The molecule has 0 unspecified atom stereocenters. The summed E-state index contributed by atoms with van der Waals surface area (Å²) in [5, 5.41) is 4.75. The van der Waals surface area contributed by atoms with Crippen molar-refractivity contribution in [3.8, 4) is 0 Å². The standard InChI is InChI=1S/C15H21N3OS/c1-19-9-4-10-20-15-13(11-16-12-6-7-12)18-8-3-2-5-14(18)17-15/h2-3,5,8,12,16H,4,6-7,9-11H2,1H3. The molecule has 2 heterocycles. The van der Waals surface area contributed by atoms with Gasteiger partial charge in [-0.25, -0.2) is 4.98 Å². The smallest absolute Gasteiger partial charge is 0.138 e. The molecule has 1 aliphatic rings. The van der Waals surface area contributed by atoms with Crippen molar-refractivity contribution in [2.45, 2.75) is 36.9 Å². The minimum Gasteiger partial charge on any atom is -0.385 e. The van der Waals surface area contributed by atoms with Crippen LogP contribution in [0, 0.1) is 0 Å². The van der Waals surface area contributed by atoms with Crippen molar-refractivity contribution in [2.24, 2.45) is 0 Å². The number of thioether (sulfide) groups is 1. The quantitative estimate of drug-likeness (QED) is 0.599. The Morgan fingerprint density at radius 2 is 2.35 bits per heavy atom. The summed E-state index contributed by atoms with van der Waals surface area (Å²) < 4.78 is 7.31. The van der Waals surface area contributed by atoms with Gasteiger partial charge in [-0.2, -0.15) is 0 Å². The average molecular weight is 291 g/mol. The van der Waals surface area contributed by atoms with Gasteiger partial charge >= 0.3 is 0 Å². The maximum atomic E-state index is 5.10. The lowest BCUT2D eigenvalue weighted by Crippen LogP contribution is -2.17. The summed E-state index contributed by atoms with van der Waals surface area (Å²) in [5.41, 5.74) is 2.32. The molecule has 20 heavy (non-hydrogen) atoms. The zero-order chi connectivity index (χ0) is 13.8. The lowest BCUT2D eigenvalue weighted by atomic mass is 10.4. The number of pyridine rings is 1. The number of aromatic nitrogens is 2. The number of nitrogens with zero attached hydrogens (tertiary/aromatic N) is 2. The molecule has 4 nitrogen and oxygen atoms in total. The zero-order valence-electron chi connectivity index (χ0n) is 11.8. The lowest BCUT2D eigenvalue weighted by molar-refractivity contribution is 0.200. The van der Waals surface area contributed by atoms with Crippen LogP contribution in [0.1, 0.15) is 25.0 Å². The first-order valence-corrected chi connectivity index (χ1v) is 8.18. The van der Waals surface area contributed by atoms with Gasteiger partial charge in [-0.1, -0.05) is 6.07 Å². The molecule has 0 saturated heterocycles. The normalized spacial score (nSPS) is 15.1. The van der Waals surface area contributed by atoms with Crippen LogP contribution in [0.15, 0.2) is 29.4 Å². The molecule has 0 bridgehead atoms. The van der Waals surface area contributed by atoms with Crippen LogP contribution < -0.4 is 5.32 Å². The van der Waals surface area contributed by atoms with Crippen molar-refractivity contribution in [3.63, 3.8) is 0 Å². The van der Waals surface area contributed by atoms with Crippen molar-refractivity contribution in [3.05, 3.63) is 30.1 Å². The Kier molecular flexibility index (Phi) is 4.60. The first-order valence-electron chi connectivity index (χ1n) is 7.19. The Hall–Kier alpha value is -1.04. The summed E-state index contributed by atoms with van der Waals surface area (Å²) in [6.45, 7) is 1.72. The molecule has 108 valence electrons. The molecule has 1 N–H and O–H groups in total. The summed E-state index contributed by atoms with van der Waals surface area (Å²) in [7, 11) is 1.75.